The molecule has 0 heterocycles. The second-order valence-electron chi connectivity index (χ2n) is 12.1. The molecule has 1 fully saturated rings. The molecule has 7 heteroatoms. The van der Waals surface area contributed by atoms with E-state index in [0.717, 1.165) is 17.6 Å². The van der Waals surface area contributed by atoms with Crippen LogP contribution in [0.2, 0.25) is 0 Å². The van der Waals surface area contributed by atoms with Gasteiger partial charge in [0, 0.05) is 24.3 Å². The fraction of sp³-hybridized carbons (Fsp3) is 0.389. The molecule has 0 amide bonds. The molecule has 0 unspecified atom stereocenters. The number of rotatable bonds is 11. The minimum atomic E-state index is -0.480. The van der Waals surface area contributed by atoms with Crippen molar-refractivity contribution in [3.63, 3.8) is 0 Å². The van der Waals surface area contributed by atoms with Gasteiger partial charge in [-0.25, -0.2) is 0 Å². The lowest BCUT2D eigenvalue weighted by Crippen LogP contribution is -2.47. The van der Waals surface area contributed by atoms with Gasteiger partial charge < -0.3 is 24.8 Å². The number of carbonyl (C=O) groups excluding carboxylic acids is 2. The van der Waals surface area contributed by atoms with Crippen molar-refractivity contribution in [2.75, 3.05) is 14.2 Å². The lowest BCUT2D eigenvalue weighted by Gasteiger charge is -2.52. The van der Waals surface area contributed by atoms with E-state index in [2.05, 4.69) is 19.9 Å². The van der Waals surface area contributed by atoms with Crippen molar-refractivity contribution < 1.29 is 34.4 Å². The molecule has 6 atom stereocenters. The number of phenolic OH excluding ortho intramolecular Hbond substituents is 2. The maximum Gasteiger partial charge on any atom is 0.163 e. The van der Waals surface area contributed by atoms with Gasteiger partial charge in [0.1, 0.15) is 5.76 Å². The molecule has 3 N–H and O–H groups in total. The van der Waals surface area contributed by atoms with Gasteiger partial charge in [0.05, 0.1) is 14.2 Å². The largest absolute Gasteiger partial charge is 0.508 e. The van der Waals surface area contributed by atoms with E-state index < -0.39 is 5.92 Å². The molecule has 0 saturated heterocycles. The Hall–Kier alpha value is -4.26. The molecule has 2 aromatic carbocycles. The van der Waals surface area contributed by atoms with Gasteiger partial charge in [-0.05, 0) is 98.4 Å². The third-order valence-corrected chi connectivity index (χ3v) is 8.86. The van der Waals surface area contributed by atoms with Crippen molar-refractivity contribution >= 4 is 17.6 Å². The van der Waals surface area contributed by atoms with Crippen molar-refractivity contribution in [2.24, 2.45) is 29.6 Å². The summed E-state index contributed by atoms with van der Waals surface area (Å²) in [6.07, 6.45) is 9.49. The van der Waals surface area contributed by atoms with Crippen molar-refractivity contribution in [1.82, 2.24) is 0 Å². The number of benzene rings is 2. The maximum atomic E-state index is 14.1. The standard InChI is InChI=1S/C36H42O7/c1-20(2)13-26(38)14-21(3)27-19-28-22(4)15-29(27)36(35(28)24-9-12-31(40)34(17-24)43-6)32(41)18-25(37)10-7-23-8-11-30(39)33(16-23)42-5/h7-13,15-18,21,27-29,35-37,39-40H,14,19H2,1-6H3/b10-7+,25-18-/t21-,27+,28-,29-,35-,36+/m0/s1. The molecule has 0 radical (unpaired) electrons. The number of phenols is 2. The number of fused-ring (bicyclic) bond motifs is 2. The van der Waals surface area contributed by atoms with Gasteiger partial charge in [0.25, 0.3) is 0 Å². The van der Waals surface area contributed by atoms with Crippen molar-refractivity contribution in [3.8, 4) is 23.0 Å². The Bertz CT molecular complexity index is 1490. The normalized spacial score (nSPS) is 23.9. The molecule has 43 heavy (non-hydrogen) atoms. The molecule has 3 aliphatic carbocycles. The smallest absolute Gasteiger partial charge is 0.163 e. The minimum absolute atomic E-state index is 0.00790. The zero-order chi connectivity index (χ0) is 31.4. The summed E-state index contributed by atoms with van der Waals surface area (Å²) in [7, 11) is 2.95. The van der Waals surface area contributed by atoms with E-state index in [9.17, 15) is 24.9 Å². The molecule has 0 aliphatic heterocycles. The predicted octanol–water partition coefficient (Wildman–Crippen LogP) is 7.31. The van der Waals surface area contributed by atoms with Gasteiger partial charge in [-0.3, -0.25) is 9.59 Å². The molecule has 1 saturated carbocycles. The minimum Gasteiger partial charge on any atom is -0.508 e. The summed E-state index contributed by atoms with van der Waals surface area (Å²) in [6.45, 7) is 8.01. The van der Waals surface area contributed by atoms with E-state index in [1.54, 1.807) is 36.4 Å². The van der Waals surface area contributed by atoms with Crippen molar-refractivity contribution in [3.05, 3.63) is 88.7 Å². The summed E-state index contributed by atoms with van der Waals surface area (Å²) >= 11 is 0. The summed E-state index contributed by atoms with van der Waals surface area (Å²) in [4.78, 5) is 26.8. The topological polar surface area (TPSA) is 113 Å². The van der Waals surface area contributed by atoms with Crippen LogP contribution in [-0.4, -0.2) is 41.1 Å². The van der Waals surface area contributed by atoms with Crippen LogP contribution in [-0.2, 0) is 9.59 Å². The third-order valence-electron chi connectivity index (χ3n) is 8.86. The number of ether oxygens (including phenoxy) is 2. The Morgan fingerprint density at radius 2 is 1.65 bits per heavy atom. The second kappa shape index (κ2) is 13.4. The van der Waals surface area contributed by atoms with E-state index >= 15 is 0 Å². The summed E-state index contributed by atoms with van der Waals surface area (Å²) in [5.74, 6) is -0.197. The van der Waals surface area contributed by atoms with Crippen LogP contribution in [0, 0.1) is 29.6 Å². The van der Waals surface area contributed by atoms with E-state index in [4.69, 9.17) is 9.47 Å². The van der Waals surface area contributed by atoms with Gasteiger partial charge >= 0.3 is 0 Å². The predicted molar refractivity (Wildman–Crippen MR) is 167 cm³/mol. The number of carbonyl (C=O) groups is 2. The van der Waals surface area contributed by atoms with Gasteiger partial charge in [-0.1, -0.05) is 42.4 Å². The number of methoxy groups -OCH3 is 2. The van der Waals surface area contributed by atoms with Crippen LogP contribution in [0.5, 0.6) is 23.0 Å². The molecule has 5 rings (SSSR count). The van der Waals surface area contributed by atoms with Gasteiger partial charge in [-0.15, -0.1) is 0 Å². The van der Waals surface area contributed by atoms with Crippen LogP contribution >= 0.6 is 0 Å². The zero-order valence-corrected chi connectivity index (χ0v) is 25.7. The molecule has 3 aliphatic rings. The Kier molecular flexibility index (Phi) is 9.84. The quantitative estimate of drug-likeness (QED) is 0.109. The van der Waals surface area contributed by atoms with Crippen LogP contribution in [0.4, 0.5) is 0 Å². The summed E-state index contributed by atoms with van der Waals surface area (Å²) < 4.78 is 10.6. The highest BCUT2D eigenvalue weighted by Crippen LogP contribution is 2.58. The monoisotopic (exact) mass is 586 g/mol. The number of aliphatic hydroxyl groups excluding tert-OH is 1. The number of hydrogen-bond donors (Lipinski definition) is 3. The van der Waals surface area contributed by atoms with E-state index in [-0.39, 0.29) is 58.4 Å². The molecule has 228 valence electrons. The van der Waals surface area contributed by atoms with Crippen LogP contribution in [0.1, 0.15) is 57.6 Å². The van der Waals surface area contributed by atoms with Gasteiger partial charge in [0.15, 0.2) is 34.6 Å². The number of allylic oxidation sites excluding steroid dienone is 6. The summed E-state index contributed by atoms with van der Waals surface area (Å²) in [6, 6.07) is 10.0. The fourth-order valence-electron chi connectivity index (χ4n) is 6.92. The average molecular weight is 587 g/mol. The first kappa shape index (κ1) is 31.7. The lowest BCUT2D eigenvalue weighted by atomic mass is 9.51. The number of ketones is 2. The third kappa shape index (κ3) is 7.04. The first-order valence-corrected chi connectivity index (χ1v) is 14.7. The molecule has 0 spiro atoms. The van der Waals surface area contributed by atoms with E-state index in [1.165, 1.54) is 38.0 Å². The van der Waals surface area contributed by atoms with Gasteiger partial charge in [-0.2, -0.15) is 0 Å². The fourth-order valence-corrected chi connectivity index (χ4v) is 6.92. The SMILES string of the molecule is COc1cc(/C=C/C(O)=C/C(=O)[C@H]2[C@H]3C=C(C)[C@H](C[C@@H]3[C@@H](C)CC(=O)C=C(C)C)[C@@H]2c2ccc(O)c(OC)c2)ccc1O. The maximum absolute atomic E-state index is 14.1. The Labute approximate surface area is 253 Å². The highest BCUT2D eigenvalue weighted by Gasteiger charge is 2.52. The lowest BCUT2D eigenvalue weighted by molar-refractivity contribution is -0.124. The molecular formula is C36H42O7. The first-order chi connectivity index (χ1) is 20.4. The molecule has 0 aromatic heterocycles. The molecular weight excluding hydrogens is 544 g/mol. The number of hydrogen-bond acceptors (Lipinski definition) is 7. The molecule has 2 bridgehead atoms. The average Bonchev–Trinajstić information content (AvgIpc) is 2.96. The van der Waals surface area contributed by atoms with Crippen molar-refractivity contribution in [1.29, 1.82) is 0 Å². The number of aromatic hydroxyl groups is 2. The summed E-state index contributed by atoms with van der Waals surface area (Å²) in [5, 5.41) is 30.9. The van der Waals surface area contributed by atoms with E-state index in [0.29, 0.717) is 23.5 Å². The highest BCUT2D eigenvalue weighted by molar-refractivity contribution is 5.94. The Morgan fingerprint density at radius 1 is 1.00 bits per heavy atom. The second-order valence-corrected chi connectivity index (χ2v) is 12.1. The Morgan fingerprint density at radius 3 is 2.30 bits per heavy atom. The Balaban J connectivity index is 1.70. The van der Waals surface area contributed by atoms with Crippen LogP contribution in [0.25, 0.3) is 6.08 Å². The van der Waals surface area contributed by atoms with E-state index in [1.807, 2.05) is 19.9 Å². The number of aliphatic hydroxyl groups is 1. The summed E-state index contributed by atoms with van der Waals surface area (Å²) in [5.41, 5.74) is 3.74. The van der Waals surface area contributed by atoms with Crippen LogP contribution < -0.4 is 9.47 Å². The highest BCUT2D eigenvalue weighted by atomic mass is 16.5. The molecule has 7 nitrogen and oxygen atoms in total. The van der Waals surface area contributed by atoms with Crippen LogP contribution in [0.15, 0.2) is 77.6 Å². The first-order valence-electron chi connectivity index (χ1n) is 14.7. The zero-order valence-electron chi connectivity index (χ0n) is 25.7. The molecule has 2 aromatic rings. The van der Waals surface area contributed by atoms with Gasteiger partial charge in [0.2, 0.25) is 0 Å². The van der Waals surface area contributed by atoms with Crippen molar-refractivity contribution in [2.45, 2.75) is 46.5 Å². The van der Waals surface area contributed by atoms with Crippen LogP contribution in [0.3, 0.4) is 0 Å².